The van der Waals surface area contributed by atoms with Crippen molar-refractivity contribution in [3.63, 3.8) is 0 Å². The first-order valence-electron chi connectivity index (χ1n) is 6.47. The van der Waals surface area contributed by atoms with Gasteiger partial charge in [0.15, 0.2) is 11.5 Å². The number of benzene rings is 1. The van der Waals surface area contributed by atoms with E-state index in [4.69, 9.17) is 15.2 Å². The fraction of sp³-hybridized carbons (Fsp3) is 0.462. The molecule has 0 aliphatic rings. The summed E-state index contributed by atoms with van der Waals surface area (Å²) in [5.74, 6) is -0.586. The van der Waals surface area contributed by atoms with Gasteiger partial charge in [0.2, 0.25) is 10.0 Å². The zero-order chi connectivity index (χ0) is 16.8. The molecule has 124 valence electrons. The van der Waals surface area contributed by atoms with Crippen LogP contribution in [0.4, 0.5) is 10.1 Å². The summed E-state index contributed by atoms with van der Waals surface area (Å²) in [4.78, 5) is 11.5. The molecule has 1 rings (SSSR count). The predicted molar refractivity (Wildman–Crippen MR) is 80.7 cm³/mol. The van der Waals surface area contributed by atoms with Crippen LogP contribution in [-0.4, -0.2) is 41.0 Å². The molecule has 0 aliphatic carbocycles. The number of hydrogen-bond acceptors (Lipinski definition) is 5. The van der Waals surface area contributed by atoms with Gasteiger partial charge in [-0.15, -0.1) is 0 Å². The molecule has 0 spiro atoms. The second kappa shape index (κ2) is 7.83. The molecule has 1 aromatic rings. The van der Waals surface area contributed by atoms with Crippen molar-refractivity contribution >= 4 is 21.6 Å². The topological polar surface area (TPSA) is 108 Å². The lowest BCUT2D eigenvalue weighted by Gasteiger charge is -2.15. The van der Waals surface area contributed by atoms with E-state index in [1.807, 2.05) is 0 Å². The first kappa shape index (κ1) is 18.0. The van der Waals surface area contributed by atoms with Crippen molar-refractivity contribution in [3.05, 3.63) is 17.7 Å². The molecule has 0 radical (unpaired) electrons. The minimum atomic E-state index is -3.73. The molecule has 7 nitrogen and oxygen atoms in total. The van der Waals surface area contributed by atoms with Crippen molar-refractivity contribution in [1.29, 1.82) is 0 Å². The molecular formula is C13H19FN2O5S. The molecule has 0 aliphatic heterocycles. The van der Waals surface area contributed by atoms with E-state index in [0.29, 0.717) is 0 Å². The van der Waals surface area contributed by atoms with E-state index in [2.05, 4.69) is 4.72 Å². The number of nitrogens with two attached hydrogens (primary N) is 1. The predicted octanol–water partition coefficient (Wildman–Crippen LogP) is 1.29. The maximum Gasteiger partial charge on any atom is 0.250 e. The van der Waals surface area contributed by atoms with Gasteiger partial charge in [-0.2, -0.15) is 0 Å². The number of methoxy groups -OCH3 is 2. The number of rotatable bonds is 9. The van der Waals surface area contributed by atoms with Gasteiger partial charge in [0.05, 0.1) is 37.9 Å². The maximum atomic E-state index is 12.0. The standard InChI is InChI=1S/C13H19FN2O5S/c1-20-11-7-9(13(15)17)10(8-12(11)21-2)16-22(18,19)6-4-3-5-14/h7-8,16H,3-6H2,1-2H3,(H2,15,17). The summed E-state index contributed by atoms with van der Waals surface area (Å²) >= 11 is 0. The first-order chi connectivity index (χ1) is 10.3. The van der Waals surface area contributed by atoms with Crippen LogP contribution in [0, 0.1) is 0 Å². The van der Waals surface area contributed by atoms with Gasteiger partial charge in [-0.25, -0.2) is 8.42 Å². The number of alkyl halides is 1. The summed E-state index contributed by atoms with van der Waals surface area (Å²) in [6.07, 6.45) is 0.320. The zero-order valence-corrected chi connectivity index (χ0v) is 13.2. The summed E-state index contributed by atoms with van der Waals surface area (Å²) in [5.41, 5.74) is 5.19. The third-order valence-electron chi connectivity index (χ3n) is 2.85. The molecule has 0 heterocycles. The highest BCUT2D eigenvalue weighted by Crippen LogP contribution is 2.33. The Kier molecular flexibility index (Phi) is 6.41. The lowest BCUT2D eigenvalue weighted by Crippen LogP contribution is -2.21. The minimum absolute atomic E-state index is 0.00889. The van der Waals surface area contributed by atoms with Gasteiger partial charge < -0.3 is 15.2 Å². The highest BCUT2D eigenvalue weighted by molar-refractivity contribution is 7.92. The molecule has 0 bridgehead atoms. The van der Waals surface area contributed by atoms with Gasteiger partial charge in [-0.3, -0.25) is 13.9 Å². The van der Waals surface area contributed by atoms with E-state index in [1.165, 1.54) is 26.4 Å². The van der Waals surface area contributed by atoms with Gasteiger partial charge in [-0.05, 0) is 18.9 Å². The quantitative estimate of drug-likeness (QED) is 0.662. The van der Waals surface area contributed by atoms with Crippen molar-refractivity contribution in [2.45, 2.75) is 12.8 Å². The van der Waals surface area contributed by atoms with Crippen molar-refractivity contribution < 1.29 is 27.1 Å². The Morgan fingerprint density at radius 2 is 1.82 bits per heavy atom. The Hall–Kier alpha value is -2.03. The number of primary amides is 1. The van der Waals surface area contributed by atoms with Gasteiger partial charge in [0.25, 0.3) is 5.91 Å². The van der Waals surface area contributed by atoms with E-state index in [-0.39, 0.29) is 41.3 Å². The van der Waals surface area contributed by atoms with E-state index >= 15 is 0 Å². The number of anilines is 1. The number of ether oxygens (including phenoxy) is 2. The molecule has 9 heteroatoms. The Labute approximate surface area is 128 Å². The highest BCUT2D eigenvalue weighted by Gasteiger charge is 2.19. The fourth-order valence-electron chi connectivity index (χ4n) is 1.77. The van der Waals surface area contributed by atoms with Crippen LogP contribution in [0.25, 0.3) is 0 Å². The molecule has 3 N–H and O–H groups in total. The molecule has 0 unspecified atom stereocenters. The van der Waals surface area contributed by atoms with Crippen LogP contribution < -0.4 is 19.9 Å². The number of nitrogens with one attached hydrogen (secondary N) is 1. The summed E-state index contributed by atoms with van der Waals surface area (Å²) < 4.78 is 48.3. The molecule has 0 atom stereocenters. The van der Waals surface area contributed by atoms with Crippen LogP contribution in [0.2, 0.25) is 0 Å². The lowest BCUT2D eigenvalue weighted by molar-refractivity contribution is 0.100. The Morgan fingerprint density at radius 1 is 1.23 bits per heavy atom. The Bertz CT molecular complexity index is 634. The monoisotopic (exact) mass is 334 g/mol. The summed E-state index contributed by atoms with van der Waals surface area (Å²) in [6.45, 7) is -0.585. The molecule has 0 fully saturated rings. The van der Waals surface area contributed by atoms with Crippen molar-refractivity contribution in [1.82, 2.24) is 0 Å². The van der Waals surface area contributed by atoms with Crippen LogP contribution in [0.3, 0.4) is 0 Å². The van der Waals surface area contributed by atoms with E-state index < -0.39 is 22.6 Å². The average Bonchev–Trinajstić information content (AvgIpc) is 2.46. The lowest BCUT2D eigenvalue weighted by atomic mass is 10.1. The third-order valence-corrected chi connectivity index (χ3v) is 4.21. The molecule has 1 amide bonds. The van der Waals surface area contributed by atoms with Gasteiger partial charge in [0.1, 0.15) is 0 Å². The van der Waals surface area contributed by atoms with Crippen LogP contribution in [0.15, 0.2) is 12.1 Å². The molecular weight excluding hydrogens is 315 g/mol. The number of sulfonamides is 1. The fourth-order valence-corrected chi connectivity index (χ4v) is 2.96. The molecule has 22 heavy (non-hydrogen) atoms. The van der Waals surface area contributed by atoms with E-state index in [9.17, 15) is 17.6 Å². The van der Waals surface area contributed by atoms with E-state index in [0.717, 1.165) is 0 Å². The van der Waals surface area contributed by atoms with Crippen molar-refractivity contribution in [2.24, 2.45) is 5.73 Å². The third kappa shape index (κ3) is 4.76. The van der Waals surface area contributed by atoms with E-state index in [1.54, 1.807) is 0 Å². The van der Waals surface area contributed by atoms with Gasteiger partial charge in [0, 0.05) is 6.07 Å². The Balaban J connectivity index is 3.14. The summed E-state index contributed by atoms with van der Waals surface area (Å²) in [5, 5.41) is 0. The van der Waals surface area contributed by atoms with Crippen LogP contribution in [0.1, 0.15) is 23.2 Å². The van der Waals surface area contributed by atoms with Crippen LogP contribution in [-0.2, 0) is 10.0 Å². The summed E-state index contributed by atoms with van der Waals surface area (Å²) in [7, 11) is -0.974. The highest BCUT2D eigenvalue weighted by atomic mass is 32.2. The molecule has 0 aromatic heterocycles. The van der Waals surface area contributed by atoms with Crippen LogP contribution in [0.5, 0.6) is 11.5 Å². The number of halogens is 1. The largest absolute Gasteiger partial charge is 0.493 e. The van der Waals surface area contributed by atoms with Crippen LogP contribution >= 0.6 is 0 Å². The smallest absolute Gasteiger partial charge is 0.250 e. The average molecular weight is 334 g/mol. The zero-order valence-electron chi connectivity index (χ0n) is 12.4. The number of hydrogen-bond donors (Lipinski definition) is 2. The Morgan fingerprint density at radius 3 is 2.32 bits per heavy atom. The minimum Gasteiger partial charge on any atom is -0.493 e. The number of unbranched alkanes of at least 4 members (excludes halogenated alkanes) is 1. The molecule has 1 aromatic carbocycles. The summed E-state index contributed by atoms with van der Waals surface area (Å²) in [6, 6.07) is 2.60. The SMILES string of the molecule is COc1cc(NS(=O)(=O)CCCCF)c(C(N)=O)cc1OC. The normalized spacial score (nSPS) is 11.0. The van der Waals surface area contributed by atoms with Crippen molar-refractivity contribution in [2.75, 3.05) is 31.4 Å². The van der Waals surface area contributed by atoms with Crippen molar-refractivity contribution in [3.8, 4) is 11.5 Å². The first-order valence-corrected chi connectivity index (χ1v) is 8.12. The van der Waals surface area contributed by atoms with Gasteiger partial charge in [-0.1, -0.05) is 0 Å². The molecule has 0 saturated heterocycles. The second-order valence-electron chi connectivity index (χ2n) is 4.43. The maximum absolute atomic E-state index is 12.0. The number of amides is 1. The number of carbonyl (C=O) groups is 1. The van der Waals surface area contributed by atoms with Gasteiger partial charge >= 0.3 is 0 Å². The molecule has 0 saturated carbocycles. The second-order valence-corrected chi connectivity index (χ2v) is 6.28. The number of carbonyl (C=O) groups excluding carboxylic acids is 1.